The summed E-state index contributed by atoms with van der Waals surface area (Å²) in [7, 11) is -3.59. The Hall–Kier alpha value is -2.19. The third kappa shape index (κ3) is 5.07. The number of piperidine rings is 1. The van der Waals surface area contributed by atoms with Gasteiger partial charge in [0.2, 0.25) is 15.9 Å². The Balaban J connectivity index is 1.43. The molecule has 1 aliphatic rings. The van der Waals surface area contributed by atoms with Crippen molar-refractivity contribution < 1.29 is 13.2 Å². The Bertz CT molecular complexity index is 1150. The van der Waals surface area contributed by atoms with E-state index in [1.54, 1.807) is 23.5 Å². The largest absolute Gasteiger partial charge is 0.344 e. The molecule has 0 aliphatic carbocycles. The molecular formula is C24H25ClN2O3S2. The normalized spacial score (nSPS) is 16.6. The minimum Gasteiger partial charge on any atom is -0.344 e. The lowest BCUT2D eigenvalue weighted by molar-refractivity contribution is -0.126. The highest BCUT2D eigenvalue weighted by Crippen LogP contribution is 2.29. The second kappa shape index (κ2) is 9.75. The maximum Gasteiger partial charge on any atom is 0.243 e. The van der Waals surface area contributed by atoms with E-state index in [1.807, 2.05) is 48.7 Å². The van der Waals surface area contributed by atoms with Gasteiger partial charge in [0.15, 0.2) is 0 Å². The Labute approximate surface area is 198 Å². The molecule has 0 bridgehead atoms. The van der Waals surface area contributed by atoms with Gasteiger partial charge in [-0.05, 0) is 61.0 Å². The lowest BCUT2D eigenvalue weighted by Gasteiger charge is -2.31. The first-order valence-electron chi connectivity index (χ1n) is 10.5. The summed E-state index contributed by atoms with van der Waals surface area (Å²) in [5.41, 5.74) is 2.20. The van der Waals surface area contributed by atoms with E-state index in [0.29, 0.717) is 31.0 Å². The number of sulfonamides is 1. The van der Waals surface area contributed by atoms with Crippen LogP contribution in [0.5, 0.6) is 0 Å². The van der Waals surface area contributed by atoms with Crippen LogP contribution < -0.4 is 5.32 Å². The van der Waals surface area contributed by atoms with Gasteiger partial charge in [-0.1, -0.05) is 47.5 Å². The lowest BCUT2D eigenvalue weighted by atomic mass is 9.95. The molecule has 2 heterocycles. The SMILES string of the molecule is Cc1ccc([C@H](NC(=O)C2CCN(S(=O)(=O)c3ccc(Cl)cc3)CC2)c2cccs2)cc1. The van der Waals surface area contributed by atoms with Crippen LogP contribution in [0.4, 0.5) is 0 Å². The van der Waals surface area contributed by atoms with E-state index in [1.165, 1.54) is 22.0 Å². The number of thiophene rings is 1. The van der Waals surface area contributed by atoms with Crippen molar-refractivity contribution in [2.45, 2.75) is 30.7 Å². The van der Waals surface area contributed by atoms with Crippen LogP contribution in [-0.4, -0.2) is 31.7 Å². The fourth-order valence-corrected chi connectivity index (χ4v) is 6.31. The number of hydrogen-bond donors (Lipinski definition) is 1. The number of nitrogens with one attached hydrogen (secondary N) is 1. The van der Waals surface area contributed by atoms with Crippen LogP contribution in [0.3, 0.4) is 0 Å². The molecular weight excluding hydrogens is 464 g/mol. The number of carbonyl (C=O) groups excluding carboxylic acids is 1. The van der Waals surface area contributed by atoms with Crippen molar-refractivity contribution in [1.82, 2.24) is 9.62 Å². The minimum atomic E-state index is -3.59. The van der Waals surface area contributed by atoms with Gasteiger partial charge < -0.3 is 5.32 Å². The Morgan fingerprint density at radius 2 is 1.72 bits per heavy atom. The molecule has 0 saturated carbocycles. The molecule has 32 heavy (non-hydrogen) atoms. The van der Waals surface area contributed by atoms with Gasteiger partial charge in [0.1, 0.15) is 0 Å². The summed E-state index contributed by atoms with van der Waals surface area (Å²) in [6.07, 6.45) is 0.980. The molecule has 5 nitrogen and oxygen atoms in total. The quantitative estimate of drug-likeness (QED) is 0.530. The molecule has 3 aromatic rings. The summed E-state index contributed by atoms with van der Waals surface area (Å²) < 4.78 is 27.3. The molecule has 4 rings (SSSR count). The van der Waals surface area contributed by atoms with Gasteiger partial charge >= 0.3 is 0 Å². The average molecular weight is 489 g/mol. The molecule has 1 aliphatic heterocycles. The topological polar surface area (TPSA) is 66.5 Å². The third-order valence-electron chi connectivity index (χ3n) is 5.80. The summed E-state index contributed by atoms with van der Waals surface area (Å²) in [6.45, 7) is 2.67. The molecule has 1 N–H and O–H groups in total. The number of halogens is 1. The monoisotopic (exact) mass is 488 g/mol. The zero-order chi connectivity index (χ0) is 22.7. The summed E-state index contributed by atoms with van der Waals surface area (Å²) in [5.74, 6) is -0.257. The fraction of sp³-hybridized carbons (Fsp3) is 0.292. The third-order valence-corrected chi connectivity index (χ3v) is 8.90. The molecule has 0 unspecified atom stereocenters. The number of amides is 1. The highest BCUT2D eigenvalue weighted by atomic mass is 35.5. The second-order valence-electron chi connectivity index (χ2n) is 8.00. The van der Waals surface area contributed by atoms with Crippen LogP contribution in [0, 0.1) is 12.8 Å². The molecule has 8 heteroatoms. The van der Waals surface area contributed by atoms with Crippen molar-refractivity contribution >= 4 is 38.9 Å². The van der Waals surface area contributed by atoms with Crippen LogP contribution in [0.15, 0.2) is 70.9 Å². The van der Waals surface area contributed by atoms with E-state index < -0.39 is 10.0 Å². The zero-order valence-corrected chi connectivity index (χ0v) is 20.1. The first-order chi connectivity index (χ1) is 15.3. The highest BCUT2D eigenvalue weighted by molar-refractivity contribution is 7.89. The summed E-state index contributed by atoms with van der Waals surface area (Å²) in [5, 5.41) is 5.70. The smallest absolute Gasteiger partial charge is 0.243 e. The second-order valence-corrected chi connectivity index (χ2v) is 11.4. The van der Waals surface area contributed by atoms with Crippen molar-refractivity contribution in [3.05, 3.63) is 87.1 Å². The molecule has 1 saturated heterocycles. The zero-order valence-electron chi connectivity index (χ0n) is 17.7. The van der Waals surface area contributed by atoms with E-state index in [4.69, 9.17) is 11.6 Å². The molecule has 1 fully saturated rings. The van der Waals surface area contributed by atoms with Crippen LogP contribution >= 0.6 is 22.9 Å². The minimum absolute atomic E-state index is 0.0347. The van der Waals surface area contributed by atoms with Gasteiger partial charge in [0, 0.05) is 28.9 Å². The van der Waals surface area contributed by atoms with Crippen molar-refractivity contribution in [2.24, 2.45) is 5.92 Å². The van der Waals surface area contributed by atoms with Gasteiger partial charge in [0.05, 0.1) is 10.9 Å². The average Bonchev–Trinajstić information content (AvgIpc) is 3.33. The first kappa shape index (κ1) is 23.0. The number of rotatable bonds is 6. The molecule has 0 spiro atoms. The van der Waals surface area contributed by atoms with Gasteiger partial charge in [-0.2, -0.15) is 4.31 Å². The Morgan fingerprint density at radius 3 is 2.31 bits per heavy atom. The van der Waals surface area contributed by atoms with E-state index in [-0.39, 0.29) is 22.8 Å². The van der Waals surface area contributed by atoms with Crippen LogP contribution in [0.25, 0.3) is 0 Å². The van der Waals surface area contributed by atoms with Crippen molar-refractivity contribution in [3.63, 3.8) is 0 Å². The Kier molecular flexibility index (Phi) is 7.00. The molecule has 2 aromatic carbocycles. The number of carbonyl (C=O) groups is 1. The standard InChI is InChI=1S/C24H25ClN2O3S2/c1-17-4-6-18(7-5-17)23(22-3-2-16-31-22)26-24(28)19-12-14-27(15-13-19)32(29,30)21-10-8-20(25)9-11-21/h2-11,16,19,23H,12-15H2,1H3,(H,26,28)/t23-/m0/s1. The molecule has 1 aromatic heterocycles. The van der Waals surface area contributed by atoms with Crippen molar-refractivity contribution in [1.29, 1.82) is 0 Å². The molecule has 1 atom stereocenters. The number of benzene rings is 2. The van der Waals surface area contributed by atoms with E-state index in [0.717, 1.165) is 10.4 Å². The Morgan fingerprint density at radius 1 is 1.06 bits per heavy atom. The van der Waals surface area contributed by atoms with Crippen molar-refractivity contribution in [2.75, 3.05) is 13.1 Å². The fourth-order valence-electron chi connectivity index (χ4n) is 3.91. The lowest BCUT2D eigenvalue weighted by Crippen LogP contribution is -2.43. The van der Waals surface area contributed by atoms with Gasteiger partial charge in [-0.25, -0.2) is 8.42 Å². The van der Waals surface area contributed by atoms with E-state index in [2.05, 4.69) is 5.32 Å². The summed E-state index contributed by atoms with van der Waals surface area (Å²) in [4.78, 5) is 14.4. The predicted molar refractivity (Wildman–Crippen MR) is 128 cm³/mol. The summed E-state index contributed by atoms with van der Waals surface area (Å²) >= 11 is 7.49. The molecule has 168 valence electrons. The van der Waals surface area contributed by atoms with E-state index >= 15 is 0 Å². The van der Waals surface area contributed by atoms with E-state index in [9.17, 15) is 13.2 Å². The number of nitrogens with zero attached hydrogens (tertiary/aromatic N) is 1. The van der Waals surface area contributed by atoms with Gasteiger partial charge in [-0.15, -0.1) is 11.3 Å². The highest BCUT2D eigenvalue weighted by Gasteiger charge is 2.33. The maximum absolute atomic E-state index is 13.1. The van der Waals surface area contributed by atoms with Gasteiger partial charge in [-0.3, -0.25) is 4.79 Å². The van der Waals surface area contributed by atoms with Crippen LogP contribution in [0.2, 0.25) is 5.02 Å². The van der Waals surface area contributed by atoms with Crippen LogP contribution in [-0.2, 0) is 14.8 Å². The van der Waals surface area contributed by atoms with Crippen LogP contribution in [0.1, 0.15) is 34.9 Å². The van der Waals surface area contributed by atoms with Gasteiger partial charge in [0.25, 0.3) is 0 Å². The number of aryl methyl sites for hydroxylation is 1. The summed E-state index contributed by atoms with van der Waals surface area (Å²) in [6, 6.07) is 18.2. The predicted octanol–water partition coefficient (Wildman–Crippen LogP) is 5.02. The number of hydrogen-bond acceptors (Lipinski definition) is 4. The maximum atomic E-state index is 13.1. The first-order valence-corrected chi connectivity index (χ1v) is 13.2. The molecule has 0 radical (unpaired) electrons. The molecule has 1 amide bonds. The van der Waals surface area contributed by atoms with Crippen molar-refractivity contribution in [3.8, 4) is 0 Å².